The summed E-state index contributed by atoms with van der Waals surface area (Å²) in [5.74, 6) is 1.13. The average Bonchev–Trinajstić information content (AvgIpc) is 2.52. The third kappa shape index (κ3) is 3.08. The van der Waals surface area contributed by atoms with Gasteiger partial charge in [0.15, 0.2) is 0 Å². The van der Waals surface area contributed by atoms with E-state index in [0.29, 0.717) is 18.1 Å². The number of halogens is 1. The Balaban J connectivity index is 2.02. The highest BCUT2D eigenvalue weighted by Crippen LogP contribution is 2.30. The molecule has 1 aromatic carbocycles. The number of rotatable bonds is 3. The summed E-state index contributed by atoms with van der Waals surface area (Å²) in [7, 11) is 0. The van der Waals surface area contributed by atoms with Gasteiger partial charge in [-0.05, 0) is 27.6 Å². The number of nitrogens with zero attached hydrogens (tertiary/aromatic N) is 3. The van der Waals surface area contributed by atoms with Crippen LogP contribution in [0.15, 0.2) is 59.3 Å². The van der Waals surface area contributed by atoms with Crippen LogP contribution in [-0.2, 0) is 6.42 Å². The number of pyridine rings is 1. The van der Waals surface area contributed by atoms with Crippen LogP contribution in [0, 0.1) is 0 Å². The number of anilines is 1. The summed E-state index contributed by atoms with van der Waals surface area (Å²) in [6.45, 7) is 0. The van der Waals surface area contributed by atoms with E-state index in [0.717, 1.165) is 21.3 Å². The van der Waals surface area contributed by atoms with Gasteiger partial charge in [-0.15, -0.1) is 0 Å². The van der Waals surface area contributed by atoms with E-state index in [1.54, 1.807) is 6.20 Å². The van der Waals surface area contributed by atoms with Gasteiger partial charge in [-0.3, -0.25) is 4.98 Å². The van der Waals surface area contributed by atoms with Crippen LogP contribution in [0.2, 0.25) is 0 Å². The van der Waals surface area contributed by atoms with E-state index < -0.39 is 0 Å². The molecule has 0 radical (unpaired) electrons. The largest absolute Gasteiger partial charge is 0.383 e. The van der Waals surface area contributed by atoms with Crippen molar-refractivity contribution in [2.45, 2.75) is 6.42 Å². The first kappa shape index (κ1) is 13.7. The first-order chi connectivity index (χ1) is 10.2. The molecule has 104 valence electrons. The number of hydrogen-bond acceptors (Lipinski definition) is 4. The lowest BCUT2D eigenvalue weighted by atomic mass is 10.1. The van der Waals surface area contributed by atoms with Crippen LogP contribution >= 0.6 is 15.9 Å². The summed E-state index contributed by atoms with van der Waals surface area (Å²) in [5, 5.41) is 0. The minimum atomic E-state index is 0.447. The molecule has 4 nitrogen and oxygen atoms in total. The summed E-state index contributed by atoms with van der Waals surface area (Å²) in [4.78, 5) is 13.1. The number of benzene rings is 1. The average molecular weight is 341 g/mol. The third-order valence-corrected chi connectivity index (χ3v) is 3.84. The zero-order chi connectivity index (χ0) is 14.7. The molecule has 0 saturated carbocycles. The Morgan fingerprint density at radius 2 is 1.81 bits per heavy atom. The Kier molecular flexibility index (Phi) is 3.92. The topological polar surface area (TPSA) is 64.7 Å². The molecule has 2 aromatic heterocycles. The molecule has 3 rings (SSSR count). The van der Waals surface area contributed by atoms with Gasteiger partial charge in [0.2, 0.25) is 0 Å². The van der Waals surface area contributed by atoms with Crippen LogP contribution in [0.25, 0.3) is 11.3 Å². The minimum Gasteiger partial charge on any atom is -0.383 e. The van der Waals surface area contributed by atoms with Crippen molar-refractivity contribution in [3.63, 3.8) is 0 Å². The molecule has 0 amide bonds. The highest BCUT2D eigenvalue weighted by molar-refractivity contribution is 9.10. The summed E-state index contributed by atoms with van der Waals surface area (Å²) in [6, 6.07) is 13.8. The lowest BCUT2D eigenvalue weighted by Gasteiger charge is -2.09. The van der Waals surface area contributed by atoms with Gasteiger partial charge in [-0.1, -0.05) is 36.4 Å². The van der Waals surface area contributed by atoms with E-state index in [1.165, 1.54) is 0 Å². The second kappa shape index (κ2) is 6.01. The minimum absolute atomic E-state index is 0.447. The smallest absolute Gasteiger partial charge is 0.142 e. The molecule has 0 bridgehead atoms. The predicted octanol–water partition coefficient (Wildman–Crippen LogP) is 3.47. The van der Waals surface area contributed by atoms with Crippen molar-refractivity contribution in [3.8, 4) is 11.3 Å². The highest BCUT2D eigenvalue weighted by Gasteiger charge is 2.12. The maximum Gasteiger partial charge on any atom is 0.142 e. The molecule has 0 spiro atoms. The highest BCUT2D eigenvalue weighted by atomic mass is 79.9. The first-order valence-electron chi connectivity index (χ1n) is 6.50. The van der Waals surface area contributed by atoms with E-state index in [9.17, 15) is 0 Å². The predicted molar refractivity (Wildman–Crippen MR) is 86.6 cm³/mol. The molecule has 2 heterocycles. The van der Waals surface area contributed by atoms with Crippen molar-refractivity contribution in [2.75, 3.05) is 5.73 Å². The summed E-state index contributed by atoms with van der Waals surface area (Å²) >= 11 is 3.47. The SMILES string of the molecule is Nc1nc(Cc2cccnc2)nc(-c2ccccc2)c1Br. The fourth-order valence-corrected chi connectivity index (χ4v) is 2.47. The molecule has 21 heavy (non-hydrogen) atoms. The molecule has 2 N–H and O–H groups in total. The van der Waals surface area contributed by atoms with Crippen molar-refractivity contribution < 1.29 is 0 Å². The second-order valence-corrected chi connectivity index (χ2v) is 5.38. The maximum atomic E-state index is 6.00. The second-order valence-electron chi connectivity index (χ2n) is 4.59. The van der Waals surface area contributed by atoms with Gasteiger partial charge in [-0.2, -0.15) is 0 Å². The number of hydrogen-bond donors (Lipinski definition) is 1. The molecule has 3 aromatic rings. The molecule has 5 heteroatoms. The Bertz CT molecular complexity index is 745. The fraction of sp³-hybridized carbons (Fsp3) is 0.0625. The molecule has 0 fully saturated rings. The summed E-state index contributed by atoms with van der Waals surface area (Å²) < 4.78 is 0.726. The molecule has 0 aliphatic heterocycles. The lowest BCUT2D eigenvalue weighted by Crippen LogP contribution is -2.04. The monoisotopic (exact) mass is 340 g/mol. The number of aromatic nitrogens is 3. The number of nitrogens with two attached hydrogens (primary N) is 1. The van der Waals surface area contributed by atoms with Gasteiger partial charge in [0.05, 0.1) is 10.2 Å². The standard InChI is InChI=1S/C16H13BrN4/c17-14-15(12-6-2-1-3-7-12)20-13(21-16(14)18)9-11-5-4-8-19-10-11/h1-8,10H,9H2,(H2,18,20,21). The molecule has 0 saturated heterocycles. The summed E-state index contributed by atoms with van der Waals surface area (Å²) in [5.41, 5.74) is 8.87. The van der Waals surface area contributed by atoms with Crippen LogP contribution in [0.4, 0.5) is 5.82 Å². The molecular weight excluding hydrogens is 328 g/mol. The van der Waals surface area contributed by atoms with E-state index in [1.807, 2.05) is 48.7 Å². The zero-order valence-corrected chi connectivity index (χ0v) is 12.8. The fourth-order valence-electron chi connectivity index (χ4n) is 2.06. The van der Waals surface area contributed by atoms with Gasteiger partial charge in [-0.25, -0.2) is 9.97 Å². The van der Waals surface area contributed by atoms with Gasteiger partial charge >= 0.3 is 0 Å². The van der Waals surface area contributed by atoms with Crippen molar-refractivity contribution in [1.82, 2.24) is 15.0 Å². The molecule has 0 aliphatic carbocycles. The normalized spacial score (nSPS) is 10.5. The van der Waals surface area contributed by atoms with E-state index >= 15 is 0 Å². The molecule has 0 unspecified atom stereocenters. The zero-order valence-electron chi connectivity index (χ0n) is 11.2. The molecule has 0 aliphatic rings. The first-order valence-corrected chi connectivity index (χ1v) is 7.29. The van der Waals surface area contributed by atoms with Crippen LogP contribution in [-0.4, -0.2) is 15.0 Å². The van der Waals surface area contributed by atoms with Crippen LogP contribution in [0.3, 0.4) is 0 Å². The van der Waals surface area contributed by atoms with E-state index in [4.69, 9.17) is 5.73 Å². The Hall–Kier alpha value is -2.27. The van der Waals surface area contributed by atoms with Crippen LogP contribution in [0.5, 0.6) is 0 Å². The molecule has 0 atom stereocenters. The van der Waals surface area contributed by atoms with Crippen molar-refractivity contribution in [1.29, 1.82) is 0 Å². The number of nitrogen functional groups attached to an aromatic ring is 1. The van der Waals surface area contributed by atoms with E-state index in [-0.39, 0.29) is 0 Å². The van der Waals surface area contributed by atoms with E-state index in [2.05, 4.69) is 30.9 Å². The third-order valence-electron chi connectivity index (χ3n) is 3.06. The van der Waals surface area contributed by atoms with Crippen LogP contribution < -0.4 is 5.73 Å². The Labute approximate surface area is 131 Å². The van der Waals surface area contributed by atoms with Gasteiger partial charge in [0.25, 0.3) is 0 Å². The van der Waals surface area contributed by atoms with Gasteiger partial charge < -0.3 is 5.73 Å². The van der Waals surface area contributed by atoms with Crippen molar-refractivity contribution >= 4 is 21.7 Å². The van der Waals surface area contributed by atoms with Gasteiger partial charge in [0, 0.05) is 24.4 Å². The van der Waals surface area contributed by atoms with Crippen molar-refractivity contribution in [3.05, 3.63) is 70.7 Å². The van der Waals surface area contributed by atoms with Crippen LogP contribution in [0.1, 0.15) is 11.4 Å². The van der Waals surface area contributed by atoms with Crippen molar-refractivity contribution in [2.24, 2.45) is 0 Å². The Morgan fingerprint density at radius 3 is 2.52 bits per heavy atom. The molecular formula is C16H13BrN4. The Morgan fingerprint density at radius 1 is 1.00 bits per heavy atom. The maximum absolute atomic E-state index is 6.00. The quantitative estimate of drug-likeness (QED) is 0.792. The lowest BCUT2D eigenvalue weighted by molar-refractivity contribution is 0.966. The summed E-state index contributed by atoms with van der Waals surface area (Å²) in [6.07, 6.45) is 4.16. The van der Waals surface area contributed by atoms with Gasteiger partial charge in [0.1, 0.15) is 11.6 Å².